The second-order valence-corrected chi connectivity index (χ2v) is 9.46. The number of nitriles is 1. The maximum absolute atomic E-state index is 14.2. The Morgan fingerprint density at radius 3 is 2.26 bits per heavy atom. The molecule has 0 aromatic heterocycles. The van der Waals surface area contributed by atoms with E-state index in [1.54, 1.807) is 18.2 Å². The van der Waals surface area contributed by atoms with Gasteiger partial charge in [0.1, 0.15) is 22.7 Å². The smallest absolute Gasteiger partial charge is 0.219 e. The molecule has 0 saturated carbocycles. The van der Waals surface area contributed by atoms with E-state index >= 15 is 0 Å². The highest BCUT2D eigenvalue weighted by atomic mass is 35.5. The number of benzene rings is 3. The van der Waals surface area contributed by atoms with Gasteiger partial charge in [0.15, 0.2) is 4.91 Å². The van der Waals surface area contributed by atoms with E-state index in [0.29, 0.717) is 0 Å². The summed E-state index contributed by atoms with van der Waals surface area (Å²) < 4.78 is 54.6. The molecule has 158 valence electrons. The number of rotatable bonds is 7. The van der Waals surface area contributed by atoms with E-state index in [1.807, 2.05) is 0 Å². The molecule has 0 heterocycles. The van der Waals surface area contributed by atoms with E-state index in [2.05, 4.69) is 5.32 Å². The molecule has 9 heteroatoms. The van der Waals surface area contributed by atoms with Crippen molar-refractivity contribution < 1.29 is 17.2 Å². The standard InChI is InChI=1S/C22H15ClF2N2O2S2/c23-17-9-6-11-18(24)16(17)14-30-22(27-20-12-5-4-10-19(20)25)21(13-26)31(28,29)15-7-2-1-3-8-15/h1-12,27H,14H2/b22-21+. The van der Waals surface area contributed by atoms with Gasteiger partial charge in [0.05, 0.1) is 10.6 Å². The van der Waals surface area contributed by atoms with E-state index in [4.69, 9.17) is 11.6 Å². The summed E-state index contributed by atoms with van der Waals surface area (Å²) in [5.74, 6) is -1.30. The first kappa shape index (κ1) is 22.8. The quantitative estimate of drug-likeness (QED) is 0.415. The normalized spacial score (nSPS) is 12.1. The average Bonchev–Trinajstić information content (AvgIpc) is 2.75. The number of para-hydroxylation sites is 1. The van der Waals surface area contributed by atoms with E-state index in [1.165, 1.54) is 60.7 Å². The van der Waals surface area contributed by atoms with Crippen LogP contribution >= 0.6 is 23.4 Å². The van der Waals surface area contributed by atoms with Crippen LogP contribution in [0.25, 0.3) is 0 Å². The molecule has 0 saturated heterocycles. The Labute approximate surface area is 188 Å². The second kappa shape index (κ2) is 9.96. The zero-order valence-electron chi connectivity index (χ0n) is 15.8. The van der Waals surface area contributed by atoms with Crippen LogP contribution in [0.4, 0.5) is 14.5 Å². The van der Waals surface area contributed by atoms with Crippen molar-refractivity contribution in [1.29, 1.82) is 5.26 Å². The van der Waals surface area contributed by atoms with Crippen LogP contribution in [0.3, 0.4) is 0 Å². The lowest BCUT2D eigenvalue weighted by Gasteiger charge is -2.15. The molecule has 4 nitrogen and oxygen atoms in total. The Balaban J connectivity index is 2.09. The van der Waals surface area contributed by atoms with Crippen LogP contribution in [0.2, 0.25) is 5.02 Å². The van der Waals surface area contributed by atoms with Crippen molar-refractivity contribution in [2.75, 3.05) is 5.32 Å². The molecule has 0 spiro atoms. The highest BCUT2D eigenvalue weighted by Gasteiger charge is 2.26. The molecular weight excluding hydrogens is 462 g/mol. The fraction of sp³-hybridized carbons (Fsp3) is 0.0455. The van der Waals surface area contributed by atoms with E-state index in [-0.39, 0.29) is 32.0 Å². The molecule has 0 aliphatic heterocycles. The van der Waals surface area contributed by atoms with Gasteiger partial charge >= 0.3 is 0 Å². The fourth-order valence-electron chi connectivity index (χ4n) is 2.61. The molecule has 0 aliphatic carbocycles. The first-order valence-electron chi connectivity index (χ1n) is 8.86. The van der Waals surface area contributed by atoms with Crippen molar-refractivity contribution in [3.05, 3.63) is 105 Å². The van der Waals surface area contributed by atoms with Crippen molar-refractivity contribution in [1.82, 2.24) is 0 Å². The van der Waals surface area contributed by atoms with Gasteiger partial charge in [-0.25, -0.2) is 17.2 Å². The first-order valence-corrected chi connectivity index (χ1v) is 11.7. The molecule has 0 radical (unpaired) electrons. The van der Waals surface area contributed by atoms with Gasteiger partial charge in [0.2, 0.25) is 9.84 Å². The summed E-state index contributed by atoms with van der Waals surface area (Å²) in [6.07, 6.45) is 0. The monoisotopic (exact) mass is 476 g/mol. The van der Waals surface area contributed by atoms with Gasteiger partial charge in [0, 0.05) is 16.3 Å². The van der Waals surface area contributed by atoms with Crippen molar-refractivity contribution in [2.45, 2.75) is 10.6 Å². The summed E-state index contributed by atoms with van der Waals surface area (Å²) in [6, 6.07) is 18.9. The maximum Gasteiger partial charge on any atom is 0.219 e. The van der Waals surface area contributed by atoms with Crippen LogP contribution in [0.1, 0.15) is 5.56 Å². The largest absolute Gasteiger partial charge is 0.346 e. The van der Waals surface area contributed by atoms with Crippen molar-refractivity contribution in [3.8, 4) is 6.07 Å². The van der Waals surface area contributed by atoms with Gasteiger partial charge < -0.3 is 5.32 Å². The summed E-state index contributed by atoms with van der Waals surface area (Å²) in [7, 11) is -4.22. The van der Waals surface area contributed by atoms with Gasteiger partial charge in [0.25, 0.3) is 0 Å². The number of halogens is 3. The highest BCUT2D eigenvalue weighted by molar-refractivity contribution is 8.04. The molecule has 0 amide bonds. The minimum absolute atomic E-state index is 0.0272. The molecule has 0 fully saturated rings. The first-order chi connectivity index (χ1) is 14.8. The molecule has 31 heavy (non-hydrogen) atoms. The predicted molar refractivity (Wildman–Crippen MR) is 119 cm³/mol. The second-order valence-electron chi connectivity index (χ2n) is 6.18. The summed E-state index contributed by atoms with van der Waals surface area (Å²) in [5.41, 5.74) is 0.108. The third kappa shape index (κ3) is 5.25. The summed E-state index contributed by atoms with van der Waals surface area (Å²) in [6.45, 7) is 0. The van der Waals surface area contributed by atoms with Gasteiger partial charge in [-0.15, -0.1) is 11.8 Å². The SMILES string of the molecule is N#C/C(=C(/Nc1ccccc1F)SCc1c(F)cccc1Cl)S(=O)(=O)c1ccccc1. The number of nitrogens with zero attached hydrogens (tertiary/aromatic N) is 1. The average molecular weight is 477 g/mol. The lowest BCUT2D eigenvalue weighted by atomic mass is 10.2. The predicted octanol–water partition coefficient (Wildman–Crippen LogP) is 6.13. The van der Waals surface area contributed by atoms with Crippen LogP contribution in [0, 0.1) is 23.0 Å². The molecule has 1 N–H and O–H groups in total. The van der Waals surface area contributed by atoms with Gasteiger partial charge in [-0.05, 0) is 36.4 Å². The van der Waals surface area contributed by atoms with Crippen LogP contribution < -0.4 is 5.32 Å². The van der Waals surface area contributed by atoms with Crippen LogP contribution in [-0.2, 0) is 15.6 Å². The number of hydrogen-bond donors (Lipinski definition) is 1. The van der Waals surface area contributed by atoms with Crippen LogP contribution in [0.5, 0.6) is 0 Å². The van der Waals surface area contributed by atoms with Crippen molar-refractivity contribution >= 4 is 38.9 Å². The van der Waals surface area contributed by atoms with E-state index in [0.717, 1.165) is 11.8 Å². The molecule has 0 atom stereocenters. The Morgan fingerprint density at radius 1 is 0.968 bits per heavy atom. The van der Waals surface area contributed by atoms with E-state index < -0.39 is 26.4 Å². The minimum atomic E-state index is -4.22. The van der Waals surface area contributed by atoms with Crippen molar-refractivity contribution in [2.24, 2.45) is 0 Å². The van der Waals surface area contributed by atoms with Gasteiger partial charge in [-0.3, -0.25) is 0 Å². The number of nitrogens with one attached hydrogen (secondary N) is 1. The number of thioether (sulfide) groups is 1. The molecule has 3 aromatic carbocycles. The number of sulfone groups is 1. The molecule has 3 aromatic rings. The number of hydrogen-bond acceptors (Lipinski definition) is 5. The Morgan fingerprint density at radius 2 is 1.61 bits per heavy atom. The zero-order valence-corrected chi connectivity index (χ0v) is 18.2. The Hall–Kier alpha value is -2.86. The summed E-state index contributed by atoms with van der Waals surface area (Å²) >= 11 is 6.90. The fourth-order valence-corrected chi connectivity index (χ4v) is 5.53. The van der Waals surface area contributed by atoms with E-state index in [9.17, 15) is 22.5 Å². The minimum Gasteiger partial charge on any atom is -0.346 e. The van der Waals surface area contributed by atoms with Crippen molar-refractivity contribution in [3.63, 3.8) is 0 Å². The molecule has 0 bridgehead atoms. The van der Waals surface area contributed by atoms with Gasteiger partial charge in [-0.2, -0.15) is 5.26 Å². The van der Waals surface area contributed by atoms with Gasteiger partial charge in [-0.1, -0.05) is 48.0 Å². The summed E-state index contributed by atoms with van der Waals surface area (Å²) in [5, 5.41) is 12.4. The highest BCUT2D eigenvalue weighted by Crippen LogP contribution is 2.34. The number of anilines is 1. The molecular formula is C22H15ClF2N2O2S2. The van der Waals surface area contributed by atoms with Crippen LogP contribution in [-0.4, -0.2) is 8.42 Å². The Kier molecular flexibility index (Phi) is 7.33. The van der Waals surface area contributed by atoms with Crippen LogP contribution in [0.15, 0.2) is 87.6 Å². The molecule has 3 rings (SSSR count). The lowest BCUT2D eigenvalue weighted by molar-refractivity contribution is 0.603. The third-order valence-corrected chi connectivity index (χ3v) is 7.41. The zero-order chi connectivity index (χ0) is 22.4. The summed E-state index contributed by atoms with van der Waals surface area (Å²) in [4.78, 5) is -0.705. The number of allylic oxidation sites excluding steroid dienone is 1. The Bertz CT molecular complexity index is 1250. The molecule has 0 unspecified atom stereocenters. The molecule has 0 aliphatic rings. The lowest BCUT2D eigenvalue weighted by Crippen LogP contribution is -2.11. The third-order valence-electron chi connectivity index (χ3n) is 4.17. The topological polar surface area (TPSA) is 70.0 Å². The maximum atomic E-state index is 14.2.